The van der Waals surface area contributed by atoms with Gasteiger partial charge in [0.25, 0.3) is 0 Å². The number of fused-ring (bicyclic) bond motifs is 8. The molecule has 0 atom stereocenters. The minimum Gasteiger partial charge on any atom is -0.333 e. The molecule has 6 heteroatoms. The van der Waals surface area contributed by atoms with Crippen LogP contribution in [0.3, 0.4) is 0 Å². The third-order valence-corrected chi connectivity index (χ3v) is 16.2. The van der Waals surface area contributed by atoms with Crippen LogP contribution in [-0.4, -0.2) is 19.1 Å². The van der Waals surface area contributed by atoms with Gasteiger partial charge in [0.05, 0.1) is 33.7 Å². The molecule has 0 aliphatic carbocycles. The van der Waals surface area contributed by atoms with Crippen molar-refractivity contribution < 1.29 is 24.2 Å². The number of nitrogens with zero attached hydrogens (tertiary/aromatic N) is 4. The van der Waals surface area contributed by atoms with E-state index in [1.807, 2.05) is 36.4 Å². The standard InChI is InChI=1S/C46H37N2S.C25H25N2.Ir/c1-27(2)37-24-33(30-12-7-6-8-13-30)25-38(28(3)4)44(37)48-42-17-10-9-16-41(42)47-46(48)36-15-11-14-35-40-23-32-20-19-31-22-29(5)18-21-34(31)39(32)26-43(40)49-45(35)36;1-17(2)20-13-10-14-21(18(3)4)24(20)27-23-16-9-8-15-22(23)26-25(27)19-11-6-5-7-12-19;/h6-14,16-28H,1-5H3;5-11,13-18H,1-4H3;/q2*-1;/i5D3;;. The van der Waals surface area contributed by atoms with Gasteiger partial charge in [-0.05, 0) is 144 Å². The SMILES string of the molecule is CC(C)c1cccc(C(C)C)c1-n1c(-c2[c-]cccc2)nc2ccccc21.[2H]C([2H])([2H])c1ccc2c(ccc3cc4c(cc32)sc2c(-c3nc5ccccc5n3-c3c(C(C)C)cc(-c5ccccc5)cc3C(C)C)[c-]ccc24)c1.[Ir]. The minimum absolute atomic E-state index is 0. The molecule has 0 saturated carbocycles. The van der Waals surface area contributed by atoms with E-state index in [0.29, 0.717) is 17.4 Å². The Hall–Kier alpha value is -7.47. The molecule has 0 aliphatic rings. The van der Waals surface area contributed by atoms with Crippen LogP contribution in [0.15, 0.2) is 188 Å². The molecule has 13 aromatic rings. The fourth-order valence-corrected chi connectivity index (χ4v) is 12.5. The summed E-state index contributed by atoms with van der Waals surface area (Å²) in [6.07, 6.45) is 0. The van der Waals surface area contributed by atoms with Crippen molar-refractivity contribution in [2.75, 3.05) is 0 Å². The quantitative estimate of drug-likeness (QED) is 0.107. The van der Waals surface area contributed by atoms with Crippen molar-refractivity contribution in [2.45, 2.75) is 85.9 Å². The molecule has 0 bridgehead atoms. The van der Waals surface area contributed by atoms with Gasteiger partial charge in [0.2, 0.25) is 0 Å². The van der Waals surface area contributed by atoms with Gasteiger partial charge in [0.1, 0.15) is 0 Å². The summed E-state index contributed by atoms with van der Waals surface area (Å²) in [7, 11) is 0. The first-order valence-corrected chi connectivity index (χ1v) is 27.5. The van der Waals surface area contributed by atoms with E-state index in [4.69, 9.17) is 14.1 Å². The van der Waals surface area contributed by atoms with E-state index in [2.05, 4.69) is 216 Å². The maximum atomic E-state index is 7.91. The molecule has 0 N–H and O–H groups in total. The van der Waals surface area contributed by atoms with E-state index in [9.17, 15) is 0 Å². The van der Waals surface area contributed by atoms with Crippen molar-refractivity contribution in [2.24, 2.45) is 0 Å². The number of thiophene rings is 1. The van der Waals surface area contributed by atoms with E-state index in [1.165, 1.54) is 60.2 Å². The maximum Gasteiger partial charge on any atom is 0.0774 e. The molecule has 1 radical (unpaired) electrons. The first-order valence-electron chi connectivity index (χ1n) is 28.2. The number of aromatic nitrogens is 4. The van der Waals surface area contributed by atoms with Crippen LogP contribution in [-0.2, 0) is 20.1 Å². The summed E-state index contributed by atoms with van der Waals surface area (Å²) in [6, 6.07) is 72.5. The van der Waals surface area contributed by atoms with Crippen LogP contribution in [0.2, 0.25) is 0 Å². The van der Waals surface area contributed by atoms with Crippen LogP contribution < -0.4 is 0 Å². The van der Waals surface area contributed by atoms with Gasteiger partial charge >= 0.3 is 0 Å². The Bertz CT molecular complexity index is 4380. The Labute approximate surface area is 474 Å². The summed E-state index contributed by atoms with van der Waals surface area (Å²) >= 11 is 1.77. The van der Waals surface area contributed by atoms with Crippen LogP contribution in [0.25, 0.3) is 109 Å². The van der Waals surface area contributed by atoms with Crippen molar-refractivity contribution in [3.63, 3.8) is 0 Å². The number of hydrogen-bond donors (Lipinski definition) is 0. The Morgan fingerprint density at radius 2 is 1.04 bits per heavy atom. The summed E-state index contributed by atoms with van der Waals surface area (Å²) in [5.74, 6) is 3.23. The topological polar surface area (TPSA) is 35.6 Å². The molecule has 77 heavy (non-hydrogen) atoms. The van der Waals surface area contributed by atoms with Crippen molar-refractivity contribution in [1.29, 1.82) is 0 Å². The van der Waals surface area contributed by atoms with Crippen molar-refractivity contribution in [3.05, 3.63) is 228 Å². The second kappa shape index (κ2) is 21.2. The molecular formula is C71H62IrN4S-2. The van der Waals surface area contributed by atoms with E-state index in [1.54, 1.807) is 23.5 Å². The molecule has 3 heterocycles. The molecule has 3 aromatic heterocycles. The van der Waals surface area contributed by atoms with Gasteiger partial charge in [-0.1, -0.05) is 175 Å². The molecule has 0 amide bonds. The Kier molecular flexibility index (Phi) is 13.2. The summed E-state index contributed by atoms with van der Waals surface area (Å²) in [5.41, 5.74) is 16.7. The summed E-state index contributed by atoms with van der Waals surface area (Å²) < 4.78 is 30.8. The van der Waals surface area contributed by atoms with Gasteiger partial charge in [-0.3, -0.25) is 9.97 Å². The number of hydrogen-bond acceptors (Lipinski definition) is 3. The predicted molar refractivity (Wildman–Crippen MR) is 325 cm³/mol. The van der Waals surface area contributed by atoms with E-state index >= 15 is 0 Å². The third-order valence-electron chi connectivity index (χ3n) is 15.0. The van der Waals surface area contributed by atoms with Crippen LogP contribution in [0.4, 0.5) is 0 Å². The van der Waals surface area contributed by atoms with Crippen LogP contribution in [0.5, 0.6) is 0 Å². The molecule has 10 aromatic carbocycles. The van der Waals surface area contributed by atoms with Gasteiger partial charge in [-0.25, -0.2) is 0 Å². The monoisotopic (exact) mass is 1200 g/mol. The molecule has 0 spiro atoms. The number of para-hydroxylation sites is 5. The van der Waals surface area contributed by atoms with Gasteiger partial charge < -0.3 is 9.13 Å². The third kappa shape index (κ3) is 9.31. The smallest absolute Gasteiger partial charge is 0.0774 e. The largest absolute Gasteiger partial charge is 0.333 e. The zero-order chi connectivity index (χ0) is 54.9. The average Bonchev–Trinajstić information content (AvgIpc) is 3.82. The zero-order valence-electron chi connectivity index (χ0n) is 47.7. The molecule has 383 valence electrons. The molecule has 0 fully saturated rings. The minimum atomic E-state index is -2.14. The molecule has 0 saturated heterocycles. The zero-order valence-corrected chi connectivity index (χ0v) is 47.9. The second-order valence-electron chi connectivity index (χ2n) is 21.3. The van der Waals surface area contributed by atoms with Crippen LogP contribution in [0, 0.1) is 19.0 Å². The summed E-state index contributed by atoms with van der Waals surface area (Å²) in [4.78, 5) is 10.4. The van der Waals surface area contributed by atoms with Crippen molar-refractivity contribution in [1.82, 2.24) is 19.1 Å². The Morgan fingerprint density at radius 1 is 0.455 bits per heavy atom. The second-order valence-corrected chi connectivity index (χ2v) is 22.4. The Morgan fingerprint density at radius 3 is 1.66 bits per heavy atom. The molecular weight excluding hydrogens is 1130 g/mol. The molecule has 0 unspecified atom stereocenters. The number of imidazole rings is 2. The van der Waals surface area contributed by atoms with E-state index in [0.717, 1.165) is 71.1 Å². The fourth-order valence-electron chi connectivity index (χ4n) is 11.2. The summed E-state index contributed by atoms with van der Waals surface area (Å²) in [5, 5.41) is 6.61. The first-order chi connectivity index (χ1) is 38.1. The van der Waals surface area contributed by atoms with Crippen molar-refractivity contribution >= 4 is 75.1 Å². The number of benzene rings is 10. The molecule has 13 rings (SSSR count). The van der Waals surface area contributed by atoms with E-state index in [-0.39, 0.29) is 31.9 Å². The van der Waals surface area contributed by atoms with Gasteiger partial charge in [0.15, 0.2) is 0 Å². The van der Waals surface area contributed by atoms with Crippen LogP contribution in [0.1, 0.15) is 111 Å². The average molecular weight is 1200 g/mol. The first kappa shape index (κ1) is 47.9. The normalized spacial score (nSPS) is 12.5. The van der Waals surface area contributed by atoms with Gasteiger partial charge in [-0.2, -0.15) is 11.3 Å². The molecule has 4 nitrogen and oxygen atoms in total. The summed E-state index contributed by atoms with van der Waals surface area (Å²) in [6.45, 7) is 16.0. The van der Waals surface area contributed by atoms with Gasteiger partial charge in [0, 0.05) is 40.3 Å². The van der Waals surface area contributed by atoms with Crippen molar-refractivity contribution in [3.8, 4) is 45.3 Å². The number of rotatable bonds is 9. The van der Waals surface area contributed by atoms with Gasteiger partial charge in [-0.15, -0.1) is 54.1 Å². The molecule has 0 aliphatic heterocycles. The fraction of sp³-hybridized carbons (Fsp3) is 0.183. The van der Waals surface area contributed by atoms with Crippen LogP contribution >= 0.6 is 11.3 Å². The van der Waals surface area contributed by atoms with E-state index < -0.39 is 6.85 Å². The number of aryl methyl sites for hydroxylation is 1. The predicted octanol–water partition coefficient (Wildman–Crippen LogP) is 20.1. The maximum absolute atomic E-state index is 7.91. The Balaban J connectivity index is 0.000000203.